The van der Waals surface area contributed by atoms with E-state index in [9.17, 15) is 15.0 Å². The number of rotatable bonds is 6. The van der Waals surface area contributed by atoms with E-state index in [1.54, 1.807) is 0 Å². The van der Waals surface area contributed by atoms with Crippen LogP contribution < -0.4 is 5.56 Å². The first-order chi connectivity index (χ1) is 14.1. The van der Waals surface area contributed by atoms with Gasteiger partial charge in [0.05, 0.1) is 11.2 Å². The van der Waals surface area contributed by atoms with Gasteiger partial charge in [0, 0.05) is 23.1 Å². The van der Waals surface area contributed by atoms with Crippen LogP contribution in [0.15, 0.2) is 59.7 Å². The number of halogens is 1. The standard InChI is InChI=1S/C22H19ClN2O3S/c23-17-4-1-15(2-5-17)20-12-19-21(29-20)22(28)25(13-24-19)18-6-3-14(7-9-26)16(11-18)8-10-27/h1-6,11-13,26-27H,7-10H2. The Bertz CT molecular complexity index is 1220. The number of thiophene rings is 1. The topological polar surface area (TPSA) is 75.4 Å². The number of aliphatic hydroxyl groups excluding tert-OH is 2. The van der Waals surface area contributed by atoms with Gasteiger partial charge >= 0.3 is 0 Å². The first-order valence-corrected chi connectivity index (χ1v) is 10.4. The van der Waals surface area contributed by atoms with Crippen molar-refractivity contribution >= 4 is 33.2 Å². The smallest absolute Gasteiger partial charge is 0.275 e. The minimum atomic E-state index is -0.134. The summed E-state index contributed by atoms with van der Waals surface area (Å²) < 4.78 is 2.11. The van der Waals surface area contributed by atoms with Gasteiger partial charge in [-0.1, -0.05) is 29.8 Å². The lowest BCUT2D eigenvalue weighted by Crippen LogP contribution is -2.18. The van der Waals surface area contributed by atoms with Crippen LogP contribution in [0.2, 0.25) is 5.02 Å². The van der Waals surface area contributed by atoms with Crippen molar-refractivity contribution in [1.29, 1.82) is 0 Å². The zero-order valence-electron chi connectivity index (χ0n) is 15.5. The molecule has 29 heavy (non-hydrogen) atoms. The highest BCUT2D eigenvalue weighted by Gasteiger charge is 2.13. The predicted molar refractivity (Wildman–Crippen MR) is 117 cm³/mol. The lowest BCUT2D eigenvalue weighted by molar-refractivity contribution is 0.293. The predicted octanol–water partition coefficient (Wildman–Crippen LogP) is 3.84. The molecule has 4 aromatic rings. The van der Waals surface area contributed by atoms with E-state index in [0.717, 1.165) is 21.6 Å². The zero-order valence-corrected chi connectivity index (χ0v) is 17.1. The molecule has 0 saturated carbocycles. The summed E-state index contributed by atoms with van der Waals surface area (Å²) in [7, 11) is 0. The quantitative estimate of drug-likeness (QED) is 0.491. The Balaban J connectivity index is 1.79. The Labute approximate surface area is 176 Å². The molecule has 0 bridgehead atoms. The number of hydrogen-bond donors (Lipinski definition) is 2. The summed E-state index contributed by atoms with van der Waals surface area (Å²) in [6.45, 7) is 0.0390. The third-order valence-electron chi connectivity index (χ3n) is 4.80. The van der Waals surface area contributed by atoms with Crippen molar-refractivity contribution < 1.29 is 10.2 Å². The molecule has 0 fully saturated rings. The lowest BCUT2D eigenvalue weighted by Gasteiger charge is -2.11. The molecule has 148 valence electrons. The van der Waals surface area contributed by atoms with Crippen LogP contribution in [0.1, 0.15) is 11.1 Å². The second-order valence-electron chi connectivity index (χ2n) is 6.65. The van der Waals surface area contributed by atoms with Crippen molar-refractivity contribution in [3.05, 3.63) is 81.4 Å². The first kappa shape index (κ1) is 19.8. The molecular weight excluding hydrogens is 408 g/mol. The van der Waals surface area contributed by atoms with E-state index in [0.29, 0.717) is 33.8 Å². The van der Waals surface area contributed by atoms with Crippen LogP contribution in [0.4, 0.5) is 0 Å². The second-order valence-corrected chi connectivity index (χ2v) is 8.14. The number of benzene rings is 2. The van der Waals surface area contributed by atoms with E-state index in [4.69, 9.17) is 11.6 Å². The van der Waals surface area contributed by atoms with Crippen molar-refractivity contribution in [2.75, 3.05) is 13.2 Å². The average Bonchev–Trinajstić information content (AvgIpc) is 3.16. The molecule has 0 aliphatic heterocycles. The minimum Gasteiger partial charge on any atom is -0.396 e. The van der Waals surface area contributed by atoms with E-state index in [1.807, 2.05) is 48.5 Å². The molecule has 0 atom stereocenters. The molecule has 2 aromatic carbocycles. The van der Waals surface area contributed by atoms with Gasteiger partial charge in [0.1, 0.15) is 11.0 Å². The average molecular weight is 427 g/mol. The minimum absolute atomic E-state index is 0.00342. The monoisotopic (exact) mass is 426 g/mol. The highest BCUT2D eigenvalue weighted by molar-refractivity contribution is 7.22. The maximum atomic E-state index is 13.1. The van der Waals surface area contributed by atoms with E-state index in [2.05, 4.69) is 4.98 Å². The fourth-order valence-corrected chi connectivity index (χ4v) is 4.50. The Hall–Kier alpha value is -2.51. The van der Waals surface area contributed by atoms with Crippen molar-refractivity contribution in [3.63, 3.8) is 0 Å². The summed E-state index contributed by atoms with van der Waals surface area (Å²) in [5.74, 6) is 0. The van der Waals surface area contributed by atoms with Gasteiger partial charge in [-0.05, 0) is 59.9 Å². The van der Waals surface area contributed by atoms with Crippen LogP contribution in [0.3, 0.4) is 0 Å². The summed E-state index contributed by atoms with van der Waals surface area (Å²) in [5.41, 5.74) is 4.09. The highest BCUT2D eigenvalue weighted by Crippen LogP contribution is 2.31. The summed E-state index contributed by atoms with van der Waals surface area (Å²) in [6, 6.07) is 15.0. The number of hydrogen-bond acceptors (Lipinski definition) is 5. The van der Waals surface area contributed by atoms with Crippen molar-refractivity contribution in [2.24, 2.45) is 0 Å². The maximum absolute atomic E-state index is 13.1. The number of nitrogens with zero attached hydrogens (tertiary/aromatic N) is 2. The third kappa shape index (κ3) is 3.97. The molecule has 0 saturated heterocycles. The molecule has 0 unspecified atom stereocenters. The summed E-state index contributed by atoms with van der Waals surface area (Å²) in [6.07, 6.45) is 2.51. The van der Waals surface area contributed by atoms with Crippen molar-refractivity contribution in [2.45, 2.75) is 12.8 Å². The highest BCUT2D eigenvalue weighted by atomic mass is 35.5. The second kappa shape index (κ2) is 8.47. The van der Waals surface area contributed by atoms with Crippen LogP contribution in [0.25, 0.3) is 26.3 Å². The van der Waals surface area contributed by atoms with Gasteiger partial charge in [0.25, 0.3) is 5.56 Å². The molecule has 2 heterocycles. The van der Waals surface area contributed by atoms with Gasteiger partial charge in [-0.15, -0.1) is 11.3 Å². The van der Waals surface area contributed by atoms with E-state index >= 15 is 0 Å². The number of aliphatic hydroxyl groups is 2. The molecule has 0 aliphatic rings. The molecule has 2 aromatic heterocycles. The maximum Gasteiger partial charge on any atom is 0.275 e. The summed E-state index contributed by atoms with van der Waals surface area (Å²) >= 11 is 7.37. The van der Waals surface area contributed by atoms with E-state index < -0.39 is 0 Å². The van der Waals surface area contributed by atoms with E-state index in [1.165, 1.54) is 22.2 Å². The Morgan fingerprint density at radius 2 is 1.69 bits per heavy atom. The molecule has 2 N–H and O–H groups in total. The molecule has 5 nitrogen and oxygen atoms in total. The van der Waals surface area contributed by atoms with Crippen LogP contribution in [0.5, 0.6) is 0 Å². The van der Waals surface area contributed by atoms with Crippen molar-refractivity contribution in [3.8, 4) is 16.1 Å². The Morgan fingerprint density at radius 3 is 2.41 bits per heavy atom. The summed E-state index contributed by atoms with van der Waals surface area (Å²) in [5, 5.41) is 19.3. The Kier molecular flexibility index (Phi) is 5.78. The molecule has 7 heteroatoms. The largest absolute Gasteiger partial charge is 0.396 e. The van der Waals surface area contributed by atoms with Gasteiger partial charge < -0.3 is 10.2 Å². The number of fused-ring (bicyclic) bond motifs is 1. The molecule has 0 spiro atoms. The van der Waals surface area contributed by atoms with Crippen molar-refractivity contribution in [1.82, 2.24) is 9.55 Å². The molecule has 0 aliphatic carbocycles. The van der Waals surface area contributed by atoms with Gasteiger partial charge in [0.2, 0.25) is 0 Å². The number of aromatic nitrogens is 2. The molecule has 0 amide bonds. The van der Waals surface area contributed by atoms with Crippen LogP contribution in [0, 0.1) is 0 Å². The van der Waals surface area contributed by atoms with Gasteiger partial charge in [-0.25, -0.2) is 4.98 Å². The summed E-state index contributed by atoms with van der Waals surface area (Å²) in [4.78, 5) is 18.6. The Morgan fingerprint density at radius 1 is 0.966 bits per heavy atom. The fraction of sp³-hybridized carbons (Fsp3) is 0.182. The molecular formula is C22H19ClN2O3S. The SMILES string of the molecule is O=c1c2sc(-c3ccc(Cl)cc3)cc2ncn1-c1ccc(CCO)c(CCO)c1. The van der Waals surface area contributed by atoms with E-state index in [-0.39, 0.29) is 18.8 Å². The normalized spacial score (nSPS) is 11.3. The zero-order chi connectivity index (χ0) is 20.4. The first-order valence-electron chi connectivity index (χ1n) is 9.21. The fourth-order valence-electron chi connectivity index (χ4n) is 3.33. The third-order valence-corrected chi connectivity index (χ3v) is 6.21. The van der Waals surface area contributed by atoms with Crippen LogP contribution >= 0.6 is 22.9 Å². The van der Waals surface area contributed by atoms with Crippen LogP contribution in [-0.4, -0.2) is 33.0 Å². The van der Waals surface area contributed by atoms with Gasteiger partial charge in [0.15, 0.2) is 0 Å². The molecule has 4 rings (SSSR count). The molecule has 0 radical (unpaired) electrons. The van der Waals surface area contributed by atoms with Gasteiger partial charge in [-0.3, -0.25) is 9.36 Å². The lowest BCUT2D eigenvalue weighted by atomic mass is 10.0. The van der Waals surface area contributed by atoms with Crippen LogP contribution in [-0.2, 0) is 12.8 Å². The van der Waals surface area contributed by atoms with Gasteiger partial charge in [-0.2, -0.15) is 0 Å².